The number of halogens is 1. The molecule has 5 nitrogen and oxygen atoms in total. The molecule has 2 unspecified atom stereocenters. The topological polar surface area (TPSA) is 56.1 Å². The molecule has 136 valence electrons. The maximum Gasteiger partial charge on any atom is 0.316 e. The Hall–Kier alpha value is -2.34. The van der Waals surface area contributed by atoms with Crippen LogP contribution in [0.3, 0.4) is 0 Å². The fourth-order valence-electron chi connectivity index (χ4n) is 2.92. The molecule has 0 fully saturated rings. The second-order valence-electron chi connectivity index (χ2n) is 6.49. The molecule has 1 N–H and O–H groups in total. The minimum atomic E-state index is -0.375. The number of hydrogen-bond donors (Lipinski definition) is 1. The number of benzene rings is 1. The molecule has 1 aliphatic rings. The Kier molecular flexibility index (Phi) is 5.61. The largest absolute Gasteiger partial charge is 0.490 e. The fraction of sp³-hybridized carbons (Fsp3) is 0.300. The van der Waals surface area contributed by atoms with Crippen LogP contribution in [0.1, 0.15) is 19.4 Å². The van der Waals surface area contributed by atoms with Gasteiger partial charge in [0.1, 0.15) is 0 Å². The molecule has 0 saturated carbocycles. The predicted molar refractivity (Wildman–Crippen MR) is 108 cm³/mol. The van der Waals surface area contributed by atoms with E-state index in [2.05, 4.69) is 58.3 Å². The standard InChI is InChI=1S/C20H22BrN3O2/c1-13-7-8-14(2)17(9-13)22-20-23-19(25)18(26-3)12-24(20)11-15-5-4-6-16(21)10-15/h4-10,12,14,17H,11H2,1-3H3,(H,22,23,25). The minimum Gasteiger partial charge on any atom is -0.490 e. The van der Waals surface area contributed by atoms with Gasteiger partial charge in [-0.15, -0.1) is 0 Å². The van der Waals surface area contributed by atoms with Crippen molar-refractivity contribution in [2.45, 2.75) is 26.4 Å². The van der Waals surface area contributed by atoms with Gasteiger partial charge in [-0.05, 0) is 30.5 Å². The zero-order valence-electron chi connectivity index (χ0n) is 15.1. The molecule has 6 heteroatoms. The molecule has 1 heterocycles. The zero-order chi connectivity index (χ0) is 18.7. The summed E-state index contributed by atoms with van der Waals surface area (Å²) in [5, 5.41) is 3.41. The Labute approximate surface area is 161 Å². The first-order chi connectivity index (χ1) is 12.5. The molecule has 3 rings (SSSR count). The van der Waals surface area contributed by atoms with Gasteiger partial charge < -0.3 is 14.6 Å². The lowest BCUT2D eigenvalue weighted by molar-refractivity contribution is 0.402. The van der Waals surface area contributed by atoms with Crippen LogP contribution in [-0.2, 0) is 6.54 Å². The van der Waals surface area contributed by atoms with E-state index in [4.69, 9.17) is 4.74 Å². The Balaban J connectivity index is 1.96. The summed E-state index contributed by atoms with van der Waals surface area (Å²) in [5.74, 6) is 1.07. The SMILES string of the molecule is COc1cn(Cc2cccc(Br)c2)c(NC2C=C(C)C=CC2C)nc1=O. The summed E-state index contributed by atoms with van der Waals surface area (Å²) in [7, 11) is 1.48. The van der Waals surface area contributed by atoms with Gasteiger partial charge in [-0.3, -0.25) is 4.79 Å². The molecule has 1 aliphatic carbocycles. The van der Waals surface area contributed by atoms with Gasteiger partial charge in [-0.1, -0.05) is 58.8 Å². The highest BCUT2D eigenvalue weighted by Crippen LogP contribution is 2.21. The summed E-state index contributed by atoms with van der Waals surface area (Å²) in [4.78, 5) is 16.4. The van der Waals surface area contributed by atoms with Crippen molar-refractivity contribution in [1.82, 2.24) is 9.55 Å². The van der Waals surface area contributed by atoms with Crippen LogP contribution in [0, 0.1) is 5.92 Å². The number of nitrogens with zero attached hydrogens (tertiary/aromatic N) is 2. The van der Waals surface area contributed by atoms with Gasteiger partial charge >= 0.3 is 5.56 Å². The van der Waals surface area contributed by atoms with Gasteiger partial charge in [0.25, 0.3) is 0 Å². The Bertz CT molecular complexity index is 918. The number of rotatable bonds is 5. The molecule has 0 spiro atoms. The van der Waals surface area contributed by atoms with Crippen molar-refractivity contribution >= 4 is 21.9 Å². The lowest BCUT2D eigenvalue weighted by Crippen LogP contribution is -2.30. The smallest absolute Gasteiger partial charge is 0.316 e. The van der Waals surface area contributed by atoms with Crippen molar-refractivity contribution in [1.29, 1.82) is 0 Å². The van der Waals surface area contributed by atoms with E-state index in [0.29, 0.717) is 18.4 Å². The van der Waals surface area contributed by atoms with Crippen LogP contribution in [0.4, 0.5) is 5.95 Å². The molecule has 0 saturated heterocycles. The van der Waals surface area contributed by atoms with E-state index in [1.165, 1.54) is 12.7 Å². The van der Waals surface area contributed by atoms with Crippen molar-refractivity contribution in [3.63, 3.8) is 0 Å². The maximum atomic E-state index is 12.2. The first-order valence-electron chi connectivity index (χ1n) is 8.49. The van der Waals surface area contributed by atoms with E-state index < -0.39 is 0 Å². The van der Waals surface area contributed by atoms with Crippen molar-refractivity contribution < 1.29 is 4.74 Å². The normalized spacial score (nSPS) is 19.2. The van der Waals surface area contributed by atoms with Crippen molar-refractivity contribution in [2.24, 2.45) is 5.92 Å². The minimum absolute atomic E-state index is 0.0778. The molecule has 0 radical (unpaired) electrons. The molecular formula is C20H22BrN3O2. The first kappa shape index (κ1) is 18.5. The van der Waals surface area contributed by atoms with Crippen LogP contribution in [0.25, 0.3) is 0 Å². The summed E-state index contributed by atoms with van der Waals surface area (Å²) >= 11 is 3.50. The summed E-state index contributed by atoms with van der Waals surface area (Å²) in [6.07, 6.45) is 8.13. The van der Waals surface area contributed by atoms with Crippen LogP contribution >= 0.6 is 15.9 Å². The fourth-order valence-corrected chi connectivity index (χ4v) is 3.36. The summed E-state index contributed by atoms with van der Waals surface area (Å²) in [5.41, 5.74) is 1.91. The van der Waals surface area contributed by atoms with Crippen LogP contribution in [-0.4, -0.2) is 22.7 Å². The highest BCUT2D eigenvalue weighted by atomic mass is 79.9. The van der Waals surface area contributed by atoms with Crippen LogP contribution in [0.15, 0.2) is 63.5 Å². The van der Waals surface area contributed by atoms with Crippen molar-refractivity contribution in [3.05, 3.63) is 74.7 Å². The molecule has 26 heavy (non-hydrogen) atoms. The summed E-state index contributed by atoms with van der Waals surface area (Å²) in [6.45, 7) is 4.77. The van der Waals surface area contributed by atoms with Gasteiger partial charge in [0.05, 0.1) is 25.9 Å². The number of ether oxygens (including phenoxy) is 1. The molecule has 1 aromatic carbocycles. The number of methoxy groups -OCH3 is 1. The lowest BCUT2D eigenvalue weighted by atomic mass is 9.94. The third-order valence-electron chi connectivity index (χ3n) is 4.39. The van der Waals surface area contributed by atoms with E-state index in [0.717, 1.165) is 10.0 Å². The Morgan fingerprint density at radius 2 is 2.19 bits per heavy atom. The van der Waals surface area contributed by atoms with Gasteiger partial charge in [0.2, 0.25) is 11.7 Å². The number of allylic oxidation sites excluding steroid dienone is 2. The molecule has 2 atom stereocenters. The Morgan fingerprint density at radius 1 is 1.38 bits per heavy atom. The third-order valence-corrected chi connectivity index (χ3v) is 4.89. The predicted octanol–water partition coefficient (Wildman–Crippen LogP) is 4.00. The first-order valence-corrected chi connectivity index (χ1v) is 9.28. The number of anilines is 1. The van der Waals surface area contributed by atoms with Crippen LogP contribution < -0.4 is 15.6 Å². The average molecular weight is 416 g/mol. The molecule has 2 aromatic rings. The highest BCUT2D eigenvalue weighted by molar-refractivity contribution is 9.10. The van der Waals surface area contributed by atoms with E-state index in [-0.39, 0.29) is 17.4 Å². The third kappa shape index (κ3) is 4.25. The lowest BCUT2D eigenvalue weighted by Gasteiger charge is -2.25. The average Bonchev–Trinajstić information content (AvgIpc) is 2.60. The van der Waals surface area contributed by atoms with Crippen molar-refractivity contribution in [3.8, 4) is 5.75 Å². The molecular weight excluding hydrogens is 394 g/mol. The van der Waals surface area contributed by atoms with Gasteiger partial charge in [0.15, 0.2) is 0 Å². The zero-order valence-corrected chi connectivity index (χ0v) is 16.7. The second kappa shape index (κ2) is 7.91. The van der Waals surface area contributed by atoms with Crippen LogP contribution in [0.5, 0.6) is 5.75 Å². The molecule has 0 amide bonds. The van der Waals surface area contributed by atoms with Gasteiger partial charge in [0, 0.05) is 4.47 Å². The molecule has 1 aromatic heterocycles. The van der Waals surface area contributed by atoms with E-state index >= 15 is 0 Å². The second-order valence-corrected chi connectivity index (χ2v) is 7.41. The van der Waals surface area contributed by atoms with Crippen molar-refractivity contribution in [2.75, 3.05) is 12.4 Å². The van der Waals surface area contributed by atoms with Gasteiger partial charge in [-0.25, -0.2) is 0 Å². The van der Waals surface area contributed by atoms with Crippen LogP contribution in [0.2, 0.25) is 0 Å². The summed E-state index contributed by atoms with van der Waals surface area (Å²) in [6, 6.07) is 8.13. The Morgan fingerprint density at radius 3 is 2.92 bits per heavy atom. The van der Waals surface area contributed by atoms with E-state index in [1.807, 2.05) is 28.8 Å². The molecule has 0 aliphatic heterocycles. The van der Waals surface area contributed by atoms with E-state index in [1.54, 1.807) is 6.20 Å². The summed E-state index contributed by atoms with van der Waals surface area (Å²) < 4.78 is 8.10. The maximum absolute atomic E-state index is 12.2. The number of hydrogen-bond acceptors (Lipinski definition) is 4. The number of nitrogens with one attached hydrogen (secondary N) is 1. The quantitative estimate of drug-likeness (QED) is 0.801. The van der Waals surface area contributed by atoms with E-state index in [9.17, 15) is 4.79 Å². The van der Waals surface area contributed by atoms with Gasteiger partial charge in [-0.2, -0.15) is 4.98 Å². The number of aromatic nitrogens is 2. The monoisotopic (exact) mass is 415 g/mol. The molecule has 0 bridgehead atoms. The highest BCUT2D eigenvalue weighted by Gasteiger charge is 2.19.